The van der Waals surface area contributed by atoms with E-state index in [1.165, 1.54) is 33.0 Å². The van der Waals surface area contributed by atoms with Gasteiger partial charge in [0, 0.05) is 34.8 Å². The minimum absolute atomic E-state index is 0.819. The number of anilines is 1. The molecule has 0 saturated carbocycles. The molecule has 46 heavy (non-hydrogen) atoms. The van der Waals surface area contributed by atoms with Crippen molar-refractivity contribution in [2.45, 2.75) is 32.6 Å². The summed E-state index contributed by atoms with van der Waals surface area (Å²) in [4.78, 5) is 12.3. The van der Waals surface area contributed by atoms with Crippen molar-refractivity contribution in [3.63, 3.8) is 0 Å². The van der Waals surface area contributed by atoms with Crippen LogP contribution in [0, 0.1) is 6.92 Å². The normalized spacial score (nSPS) is 16.9. The summed E-state index contributed by atoms with van der Waals surface area (Å²) >= 11 is 1.77. The molecule has 226 valence electrons. The molecule has 0 unspecified atom stereocenters. The molecule has 7 rings (SSSR count). The van der Waals surface area contributed by atoms with E-state index in [0.717, 1.165) is 64.6 Å². The molecule has 4 aliphatic rings. The van der Waals surface area contributed by atoms with Gasteiger partial charge in [-0.1, -0.05) is 104 Å². The zero-order valence-corrected chi connectivity index (χ0v) is 26.9. The molecule has 4 heteroatoms. The van der Waals surface area contributed by atoms with Gasteiger partial charge in [0.05, 0.1) is 16.3 Å². The van der Waals surface area contributed by atoms with Crippen LogP contribution in [0.25, 0.3) is 28.3 Å². The fourth-order valence-corrected chi connectivity index (χ4v) is 7.20. The molecule has 0 bridgehead atoms. The molecule has 0 atom stereocenters. The topological polar surface area (TPSA) is 31.9 Å². The van der Waals surface area contributed by atoms with Crippen molar-refractivity contribution in [2.75, 3.05) is 4.90 Å². The lowest BCUT2D eigenvalue weighted by Crippen LogP contribution is -2.20. The number of H-pyrrole nitrogens is 1. The van der Waals surface area contributed by atoms with Crippen LogP contribution in [0.4, 0.5) is 5.69 Å². The van der Waals surface area contributed by atoms with Gasteiger partial charge < -0.3 is 9.88 Å². The highest BCUT2D eigenvalue weighted by Gasteiger charge is 2.22. The van der Waals surface area contributed by atoms with Crippen LogP contribution in [-0.2, 0) is 6.42 Å². The van der Waals surface area contributed by atoms with Crippen LogP contribution in [0.3, 0.4) is 0 Å². The maximum Gasteiger partial charge on any atom is 0.124 e. The zero-order chi connectivity index (χ0) is 31.3. The lowest BCUT2D eigenvalue weighted by molar-refractivity contribution is 1.04. The summed E-state index contributed by atoms with van der Waals surface area (Å²) in [6.07, 6.45) is 42.9. The number of benzene rings is 1. The molecule has 0 amide bonds. The van der Waals surface area contributed by atoms with Gasteiger partial charge in [0.2, 0.25) is 0 Å². The molecule has 1 N–H and O–H groups in total. The summed E-state index contributed by atoms with van der Waals surface area (Å²) in [5, 5.41) is 1.06. The number of thiazole rings is 1. The van der Waals surface area contributed by atoms with E-state index in [0.29, 0.717) is 0 Å². The van der Waals surface area contributed by atoms with E-state index in [4.69, 9.17) is 4.98 Å². The van der Waals surface area contributed by atoms with Gasteiger partial charge in [-0.05, 0) is 91.0 Å². The number of nitrogens with one attached hydrogen (secondary N) is 1. The summed E-state index contributed by atoms with van der Waals surface area (Å²) in [5.74, 6) is 0. The standard InChI is InChI=1S/C42H37N3S/c1-30(32-18-14-23-36(28-27-32)45(35-21-12-7-13-22-35)34-19-10-5-6-11-20-34)26-29-38-31(2)37-24-15-25-39-41(40(37)43-38)46-42(44-39)33-16-8-3-4-9-17-33/h3-5,7-8,10-22,25-29,43H,1,6,9,23-24H2,2H3/b29-26-. The Bertz CT molecular complexity index is 2000. The minimum atomic E-state index is 0.819. The van der Waals surface area contributed by atoms with E-state index < -0.39 is 0 Å². The van der Waals surface area contributed by atoms with E-state index in [1.807, 2.05) is 0 Å². The molecule has 3 aromatic rings. The van der Waals surface area contributed by atoms with Crippen molar-refractivity contribution in [1.29, 1.82) is 0 Å². The smallest absolute Gasteiger partial charge is 0.124 e. The monoisotopic (exact) mass is 615 g/mol. The number of nitrogens with zero attached hydrogens (tertiary/aromatic N) is 2. The Labute approximate surface area is 276 Å². The maximum absolute atomic E-state index is 5.03. The number of aromatic amines is 1. The highest BCUT2D eigenvalue weighted by atomic mass is 32.1. The van der Waals surface area contributed by atoms with Gasteiger partial charge in [-0.3, -0.25) is 0 Å². The average Bonchev–Trinajstić information content (AvgIpc) is 3.34. The van der Waals surface area contributed by atoms with Crippen molar-refractivity contribution in [2.24, 2.45) is 0 Å². The van der Waals surface area contributed by atoms with Crippen LogP contribution in [0.15, 0.2) is 157 Å². The first-order chi connectivity index (χ1) is 22.7. The van der Waals surface area contributed by atoms with Crippen LogP contribution >= 0.6 is 11.3 Å². The molecule has 4 aliphatic carbocycles. The van der Waals surface area contributed by atoms with Gasteiger partial charge in [0.15, 0.2) is 0 Å². The number of allylic oxidation sites excluding steroid dienone is 19. The molecular formula is C42H37N3S. The van der Waals surface area contributed by atoms with Crippen LogP contribution in [0.5, 0.6) is 0 Å². The van der Waals surface area contributed by atoms with Crippen LogP contribution in [0.2, 0.25) is 0 Å². The Morgan fingerprint density at radius 2 is 1.76 bits per heavy atom. The van der Waals surface area contributed by atoms with Crippen molar-refractivity contribution >= 4 is 34.7 Å². The number of rotatable bonds is 7. The molecule has 0 spiro atoms. The maximum atomic E-state index is 5.03. The fraction of sp³-hybridized carbons (Fsp3) is 0.119. The Morgan fingerprint density at radius 1 is 0.891 bits per heavy atom. The molecule has 0 radical (unpaired) electrons. The van der Waals surface area contributed by atoms with E-state index >= 15 is 0 Å². The first kappa shape index (κ1) is 29.5. The highest BCUT2D eigenvalue weighted by Crippen LogP contribution is 2.40. The SMILES string of the molecule is C=C(/C=C\c1[nH]c2c(c1C)CC=Cc1nc(C3=CCC=CC=C3)sc1-2)C1=CC=C(N(C2=CC=CCC=C2)c2ccccc2)CC=C1. The second-order valence-corrected chi connectivity index (χ2v) is 12.6. The third kappa shape index (κ3) is 6.17. The third-order valence-corrected chi connectivity index (χ3v) is 9.70. The molecule has 2 heterocycles. The summed E-state index contributed by atoms with van der Waals surface area (Å²) in [7, 11) is 0. The average molecular weight is 616 g/mol. The van der Waals surface area contributed by atoms with Crippen molar-refractivity contribution < 1.29 is 0 Å². The first-order valence-corrected chi connectivity index (χ1v) is 16.7. The molecule has 1 aromatic carbocycles. The molecule has 0 saturated heterocycles. The van der Waals surface area contributed by atoms with Gasteiger partial charge in [-0.15, -0.1) is 11.3 Å². The van der Waals surface area contributed by atoms with E-state index in [2.05, 4.69) is 163 Å². The summed E-state index contributed by atoms with van der Waals surface area (Å²) in [5.41, 5.74) is 12.7. The van der Waals surface area contributed by atoms with Crippen LogP contribution in [-0.4, -0.2) is 9.97 Å². The largest absolute Gasteiger partial charge is 0.354 e. The molecule has 0 aliphatic heterocycles. The molecule has 2 aromatic heterocycles. The Kier molecular flexibility index (Phi) is 8.62. The van der Waals surface area contributed by atoms with Gasteiger partial charge in [0.25, 0.3) is 0 Å². The van der Waals surface area contributed by atoms with Gasteiger partial charge >= 0.3 is 0 Å². The number of para-hydroxylation sites is 1. The first-order valence-electron chi connectivity index (χ1n) is 15.9. The second-order valence-electron chi connectivity index (χ2n) is 11.6. The predicted molar refractivity (Wildman–Crippen MR) is 198 cm³/mol. The quantitative estimate of drug-likeness (QED) is 0.268. The Morgan fingerprint density at radius 3 is 2.67 bits per heavy atom. The summed E-state index contributed by atoms with van der Waals surface area (Å²) in [6, 6.07) is 10.6. The molecule has 3 nitrogen and oxygen atoms in total. The summed E-state index contributed by atoms with van der Waals surface area (Å²) in [6.45, 7) is 6.67. The molecule has 0 fully saturated rings. The second kappa shape index (κ2) is 13.4. The minimum Gasteiger partial charge on any atom is -0.354 e. The Balaban J connectivity index is 1.15. The van der Waals surface area contributed by atoms with Crippen LogP contribution in [0.1, 0.15) is 46.8 Å². The zero-order valence-electron chi connectivity index (χ0n) is 26.1. The van der Waals surface area contributed by atoms with E-state index in [-0.39, 0.29) is 0 Å². The lowest BCUT2D eigenvalue weighted by atomic mass is 10.0. The number of hydrogen-bond acceptors (Lipinski definition) is 3. The van der Waals surface area contributed by atoms with Gasteiger partial charge in [0.1, 0.15) is 5.01 Å². The highest BCUT2D eigenvalue weighted by molar-refractivity contribution is 7.16. The van der Waals surface area contributed by atoms with Crippen LogP contribution < -0.4 is 4.90 Å². The lowest BCUT2D eigenvalue weighted by Gasteiger charge is -2.28. The third-order valence-electron chi connectivity index (χ3n) is 8.57. The van der Waals surface area contributed by atoms with Crippen molar-refractivity contribution in [3.8, 4) is 10.6 Å². The van der Waals surface area contributed by atoms with E-state index in [1.54, 1.807) is 11.3 Å². The fourth-order valence-electron chi connectivity index (χ4n) is 6.09. The van der Waals surface area contributed by atoms with Crippen molar-refractivity contribution in [3.05, 3.63) is 184 Å². The Hall–Kier alpha value is -5.19. The van der Waals surface area contributed by atoms with Gasteiger partial charge in [-0.2, -0.15) is 0 Å². The predicted octanol–water partition coefficient (Wildman–Crippen LogP) is 11.2. The number of hydrogen-bond donors (Lipinski definition) is 1. The van der Waals surface area contributed by atoms with E-state index in [9.17, 15) is 0 Å². The number of fused-ring (bicyclic) bond motifs is 3. The molecular weight excluding hydrogens is 579 g/mol. The number of aromatic nitrogens is 2. The summed E-state index contributed by atoms with van der Waals surface area (Å²) < 4.78 is 0. The van der Waals surface area contributed by atoms with Gasteiger partial charge in [-0.25, -0.2) is 4.98 Å². The van der Waals surface area contributed by atoms with Crippen molar-refractivity contribution in [1.82, 2.24) is 9.97 Å².